The SMILES string of the molecule is CCCCc1c(S(=O)(=O)[O-])ccc2ccccc12.[K+]. The van der Waals surface area contributed by atoms with Crippen LogP contribution in [0.3, 0.4) is 0 Å². The molecule has 0 saturated heterocycles. The van der Waals surface area contributed by atoms with E-state index in [0.29, 0.717) is 12.0 Å². The normalized spacial score (nSPS) is 11.3. The summed E-state index contributed by atoms with van der Waals surface area (Å²) in [5, 5.41) is 1.83. The Labute approximate surface area is 156 Å². The quantitative estimate of drug-likeness (QED) is 0.594. The van der Waals surface area contributed by atoms with Gasteiger partial charge in [0.05, 0.1) is 4.90 Å². The zero-order valence-corrected chi connectivity index (χ0v) is 15.2. The zero-order valence-electron chi connectivity index (χ0n) is 11.2. The van der Waals surface area contributed by atoms with Crippen LogP contribution in [0.4, 0.5) is 0 Å². The van der Waals surface area contributed by atoms with Crippen LogP contribution in [-0.4, -0.2) is 13.0 Å². The van der Waals surface area contributed by atoms with E-state index in [1.165, 1.54) is 6.07 Å². The Kier molecular flexibility index (Phi) is 6.66. The number of hydrogen-bond acceptors (Lipinski definition) is 3. The first-order valence-electron chi connectivity index (χ1n) is 6.00. The second kappa shape index (κ2) is 7.31. The molecular weight excluding hydrogens is 287 g/mol. The van der Waals surface area contributed by atoms with Crippen molar-refractivity contribution in [2.24, 2.45) is 0 Å². The van der Waals surface area contributed by atoms with E-state index in [4.69, 9.17) is 0 Å². The van der Waals surface area contributed by atoms with Crippen LogP contribution in [0.2, 0.25) is 0 Å². The molecule has 2 rings (SSSR count). The summed E-state index contributed by atoms with van der Waals surface area (Å²) in [5.41, 5.74) is 0.657. The first-order chi connectivity index (χ1) is 8.54. The molecule has 0 spiro atoms. The smallest absolute Gasteiger partial charge is 0.744 e. The maximum absolute atomic E-state index is 11.3. The van der Waals surface area contributed by atoms with Gasteiger partial charge in [0.2, 0.25) is 0 Å². The molecule has 0 N–H and O–H groups in total. The maximum Gasteiger partial charge on any atom is 1.00 e. The summed E-state index contributed by atoms with van der Waals surface area (Å²) in [5.74, 6) is 0. The molecule has 0 aliphatic carbocycles. The molecule has 96 valence electrons. The third-order valence-electron chi connectivity index (χ3n) is 3.05. The Bertz CT molecular complexity index is 665. The number of aryl methyl sites for hydroxylation is 1. The standard InChI is InChI=1S/C14H16O3S.K/c1-2-3-7-13-12-8-5-4-6-11(12)9-10-14(13)18(15,16)17;/h4-6,8-10H,2-3,7H2,1H3,(H,15,16,17);/q;+1/p-1. The van der Waals surface area contributed by atoms with Gasteiger partial charge in [0.15, 0.2) is 0 Å². The molecule has 2 aromatic carbocycles. The van der Waals surface area contributed by atoms with E-state index < -0.39 is 10.1 Å². The Morgan fingerprint density at radius 2 is 1.79 bits per heavy atom. The zero-order chi connectivity index (χ0) is 13.2. The number of fused-ring (bicyclic) bond motifs is 1. The van der Waals surface area contributed by atoms with Crippen LogP contribution in [0.15, 0.2) is 41.3 Å². The first kappa shape index (κ1) is 17.3. The minimum absolute atomic E-state index is 0. The monoisotopic (exact) mass is 302 g/mol. The molecule has 0 aromatic heterocycles. The summed E-state index contributed by atoms with van der Waals surface area (Å²) in [4.78, 5) is -0.0744. The molecule has 0 unspecified atom stereocenters. The van der Waals surface area contributed by atoms with E-state index in [9.17, 15) is 13.0 Å². The first-order valence-corrected chi connectivity index (χ1v) is 7.41. The fraction of sp³-hybridized carbons (Fsp3) is 0.286. The van der Waals surface area contributed by atoms with Crippen LogP contribution >= 0.6 is 0 Å². The number of rotatable bonds is 4. The molecule has 2 aromatic rings. The average Bonchev–Trinajstić information content (AvgIpc) is 2.34. The molecule has 5 heteroatoms. The molecule has 0 bridgehead atoms. The Hall–Kier alpha value is 0.246. The van der Waals surface area contributed by atoms with E-state index in [-0.39, 0.29) is 56.3 Å². The van der Waals surface area contributed by atoms with Gasteiger partial charge in [-0.1, -0.05) is 43.7 Å². The van der Waals surface area contributed by atoms with Crippen molar-refractivity contribution in [3.63, 3.8) is 0 Å². The second-order valence-corrected chi connectivity index (χ2v) is 5.67. The van der Waals surface area contributed by atoms with E-state index in [2.05, 4.69) is 0 Å². The molecule has 0 saturated carbocycles. The van der Waals surface area contributed by atoms with Gasteiger partial charge in [-0.25, -0.2) is 8.42 Å². The second-order valence-electron chi connectivity index (χ2n) is 4.32. The number of unbranched alkanes of at least 4 members (excludes halogenated alkanes) is 1. The largest absolute Gasteiger partial charge is 1.00 e. The van der Waals surface area contributed by atoms with Crippen molar-refractivity contribution in [1.29, 1.82) is 0 Å². The van der Waals surface area contributed by atoms with Crippen molar-refractivity contribution in [1.82, 2.24) is 0 Å². The molecule has 0 amide bonds. The van der Waals surface area contributed by atoms with Gasteiger partial charge in [0.1, 0.15) is 10.1 Å². The molecule has 3 nitrogen and oxygen atoms in total. The molecule has 0 radical (unpaired) electrons. The fourth-order valence-electron chi connectivity index (χ4n) is 2.16. The Morgan fingerprint density at radius 1 is 1.11 bits per heavy atom. The van der Waals surface area contributed by atoms with Gasteiger partial charge in [-0.05, 0) is 35.2 Å². The average molecular weight is 302 g/mol. The topological polar surface area (TPSA) is 57.2 Å². The summed E-state index contributed by atoms with van der Waals surface area (Å²) in [6.07, 6.45) is 2.45. The van der Waals surface area contributed by atoms with Gasteiger partial charge in [-0.3, -0.25) is 0 Å². The third-order valence-corrected chi connectivity index (χ3v) is 3.97. The van der Waals surface area contributed by atoms with Crippen LogP contribution < -0.4 is 51.4 Å². The summed E-state index contributed by atoms with van der Waals surface area (Å²) < 4.78 is 33.9. The van der Waals surface area contributed by atoms with Gasteiger partial charge in [0, 0.05) is 0 Å². The fourth-order valence-corrected chi connectivity index (χ4v) is 2.91. The predicted octanol–water partition coefficient (Wildman–Crippen LogP) is 0.0905. The molecule has 0 fully saturated rings. The maximum atomic E-state index is 11.3. The van der Waals surface area contributed by atoms with Crippen molar-refractivity contribution < 1.29 is 64.4 Å². The summed E-state index contributed by atoms with van der Waals surface area (Å²) in [6.45, 7) is 2.04. The molecule has 19 heavy (non-hydrogen) atoms. The van der Waals surface area contributed by atoms with Crippen LogP contribution in [0.5, 0.6) is 0 Å². The Balaban J connectivity index is 0.00000180. The summed E-state index contributed by atoms with van der Waals surface area (Å²) in [6, 6.07) is 10.7. The van der Waals surface area contributed by atoms with Crippen molar-refractivity contribution in [3.05, 3.63) is 42.0 Å². The Morgan fingerprint density at radius 3 is 2.42 bits per heavy atom. The van der Waals surface area contributed by atoms with Gasteiger partial charge >= 0.3 is 51.4 Å². The van der Waals surface area contributed by atoms with Crippen molar-refractivity contribution in [3.8, 4) is 0 Å². The van der Waals surface area contributed by atoms with Crippen LogP contribution in [0, 0.1) is 0 Å². The molecular formula is C14H15KO3S. The van der Waals surface area contributed by atoms with Gasteiger partial charge in [-0.2, -0.15) is 0 Å². The van der Waals surface area contributed by atoms with E-state index in [0.717, 1.165) is 23.6 Å². The van der Waals surface area contributed by atoms with Gasteiger partial charge in [0.25, 0.3) is 0 Å². The molecule has 0 aliphatic heterocycles. The van der Waals surface area contributed by atoms with Crippen LogP contribution in [0.1, 0.15) is 25.3 Å². The van der Waals surface area contributed by atoms with Crippen molar-refractivity contribution in [2.75, 3.05) is 0 Å². The van der Waals surface area contributed by atoms with E-state index >= 15 is 0 Å². The van der Waals surface area contributed by atoms with Crippen LogP contribution in [-0.2, 0) is 16.5 Å². The third kappa shape index (κ3) is 4.11. The number of benzene rings is 2. The minimum atomic E-state index is -4.41. The van der Waals surface area contributed by atoms with Gasteiger partial charge < -0.3 is 4.55 Å². The van der Waals surface area contributed by atoms with Crippen molar-refractivity contribution >= 4 is 20.9 Å². The molecule has 0 heterocycles. The summed E-state index contributed by atoms with van der Waals surface area (Å²) in [7, 11) is -4.41. The molecule has 0 atom stereocenters. The minimum Gasteiger partial charge on any atom is -0.744 e. The molecule has 0 aliphatic rings. The predicted molar refractivity (Wildman–Crippen MR) is 70.5 cm³/mol. The van der Waals surface area contributed by atoms with Crippen LogP contribution in [0.25, 0.3) is 10.8 Å². The number of hydrogen-bond donors (Lipinski definition) is 0. The van der Waals surface area contributed by atoms with E-state index in [1.807, 2.05) is 31.2 Å². The van der Waals surface area contributed by atoms with E-state index in [1.54, 1.807) is 6.07 Å². The summed E-state index contributed by atoms with van der Waals surface area (Å²) >= 11 is 0. The van der Waals surface area contributed by atoms with Crippen molar-refractivity contribution in [2.45, 2.75) is 31.1 Å². The van der Waals surface area contributed by atoms with Gasteiger partial charge in [-0.15, -0.1) is 0 Å².